The average Bonchev–Trinajstić information content (AvgIpc) is 2.91. The summed E-state index contributed by atoms with van der Waals surface area (Å²) in [6, 6.07) is 18.8. The number of para-hydroxylation sites is 2. The second kappa shape index (κ2) is 7.31. The summed E-state index contributed by atoms with van der Waals surface area (Å²) in [5.41, 5.74) is 1.53. The van der Waals surface area contributed by atoms with Crippen LogP contribution in [0.15, 0.2) is 65.7 Å². The highest BCUT2D eigenvalue weighted by Gasteiger charge is 2.39. The molecule has 2 aromatic rings. The Morgan fingerprint density at radius 2 is 1.75 bits per heavy atom. The number of aliphatic imine (C=N–C) groups is 1. The van der Waals surface area contributed by atoms with E-state index < -0.39 is 5.25 Å². The third kappa shape index (κ3) is 3.49. The first-order chi connectivity index (χ1) is 11.7. The molecule has 0 aromatic heterocycles. The van der Waals surface area contributed by atoms with Gasteiger partial charge in [0.2, 0.25) is 11.8 Å². The molecule has 0 radical (unpaired) electrons. The van der Waals surface area contributed by atoms with E-state index in [1.165, 1.54) is 11.8 Å². The zero-order valence-corrected chi connectivity index (χ0v) is 14.0. The molecule has 24 heavy (non-hydrogen) atoms. The minimum Gasteiger partial charge on any atom is -0.359 e. The molecule has 122 valence electrons. The lowest BCUT2D eigenvalue weighted by molar-refractivity contribution is -0.123. The first-order valence-corrected chi connectivity index (χ1v) is 8.47. The molecule has 0 aliphatic carbocycles. The number of anilines is 1. The van der Waals surface area contributed by atoms with Crippen molar-refractivity contribution in [1.29, 1.82) is 0 Å². The van der Waals surface area contributed by atoms with Gasteiger partial charge in [-0.25, -0.2) is 4.99 Å². The molecule has 1 atom stereocenters. The monoisotopic (exact) mass is 339 g/mol. The predicted molar refractivity (Wildman–Crippen MR) is 97.5 cm³/mol. The van der Waals surface area contributed by atoms with Gasteiger partial charge in [0.1, 0.15) is 5.25 Å². The molecule has 0 saturated carbocycles. The highest BCUT2D eigenvalue weighted by molar-refractivity contribution is 8.16. The van der Waals surface area contributed by atoms with Crippen LogP contribution < -0.4 is 10.2 Å². The third-order valence-electron chi connectivity index (χ3n) is 3.58. The third-order valence-corrected chi connectivity index (χ3v) is 4.72. The Balaban J connectivity index is 1.96. The molecule has 2 aromatic carbocycles. The van der Waals surface area contributed by atoms with E-state index in [-0.39, 0.29) is 18.2 Å². The van der Waals surface area contributed by atoms with Crippen LogP contribution in [0.3, 0.4) is 0 Å². The van der Waals surface area contributed by atoms with Gasteiger partial charge in [0.15, 0.2) is 5.17 Å². The van der Waals surface area contributed by atoms with Gasteiger partial charge in [0.25, 0.3) is 0 Å². The first-order valence-electron chi connectivity index (χ1n) is 7.59. The van der Waals surface area contributed by atoms with E-state index in [1.807, 2.05) is 60.7 Å². The van der Waals surface area contributed by atoms with Crippen LogP contribution in [0, 0.1) is 0 Å². The van der Waals surface area contributed by atoms with E-state index in [1.54, 1.807) is 11.9 Å². The molecular formula is C18H17N3O2S. The van der Waals surface area contributed by atoms with Crippen LogP contribution in [0.25, 0.3) is 0 Å². The number of amides is 2. The van der Waals surface area contributed by atoms with Crippen molar-refractivity contribution in [2.24, 2.45) is 4.99 Å². The fourth-order valence-electron chi connectivity index (χ4n) is 2.37. The summed E-state index contributed by atoms with van der Waals surface area (Å²) >= 11 is 1.33. The summed E-state index contributed by atoms with van der Waals surface area (Å²) in [4.78, 5) is 30.7. The topological polar surface area (TPSA) is 61.8 Å². The number of hydrogen-bond donors (Lipinski definition) is 1. The number of carbonyl (C=O) groups excluding carboxylic acids is 2. The smallest absolute Gasteiger partial charge is 0.247 e. The number of nitrogens with zero attached hydrogens (tertiary/aromatic N) is 2. The maximum Gasteiger partial charge on any atom is 0.247 e. The van der Waals surface area contributed by atoms with Gasteiger partial charge in [-0.15, -0.1) is 0 Å². The molecule has 1 heterocycles. The van der Waals surface area contributed by atoms with Crippen molar-refractivity contribution >= 4 is 40.1 Å². The van der Waals surface area contributed by atoms with Gasteiger partial charge in [-0.3, -0.25) is 14.5 Å². The van der Waals surface area contributed by atoms with Crippen molar-refractivity contribution in [3.63, 3.8) is 0 Å². The van der Waals surface area contributed by atoms with Crippen molar-refractivity contribution in [3.05, 3.63) is 60.7 Å². The van der Waals surface area contributed by atoms with Crippen molar-refractivity contribution in [2.45, 2.75) is 11.7 Å². The Bertz CT molecular complexity index is 762. The summed E-state index contributed by atoms with van der Waals surface area (Å²) in [5.74, 6) is -0.278. The van der Waals surface area contributed by atoms with Crippen LogP contribution in [0.4, 0.5) is 11.4 Å². The molecular weight excluding hydrogens is 322 g/mol. The van der Waals surface area contributed by atoms with E-state index in [4.69, 9.17) is 0 Å². The second-order valence-corrected chi connectivity index (χ2v) is 6.39. The molecule has 0 bridgehead atoms. The highest BCUT2D eigenvalue weighted by Crippen LogP contribution is 2.34. The Hall–Kier alpha value is -2.60. The van der Waals surface area contributed by atoms with Gasteiger partial charge in [-0.2, -0.15) is 0 Å². The van der Waals surface area contributed by atoms with E-state index in [0.717, 1.165) is 11.4 Å². The van der Waals surface area contributed by atoms with Crippen LogP contribution in [-0.4, -0.2) is 29.3 Å². The van der Waals surface area contributed by atoms with E-state index >= 15 is 0 Å². The number of rotatable bonds is 4. The summed E-state index contributed by atoms with van der Waals surface area (Å²) in [6.07, 6.45) is 0.136. The number of amidine groups is 1. The Morgan fingerprint density at radius 1 is 1.12 bits per heavy atom. The molecule has 2 amide bonds. The van der Waals surface area contributed by atoms with Gasteiger partial charge in [0.05, 0.1) is 11.4 Å². The number of carbonyl (C=O) groups is 2. The van der Waals surface area contributed by atoms with Gasteiger partial charge >= 0.3 is 0 Å². The molecule has 1 N–H and O–H groups in total. The molecule has 1 aliphatic rings. The second-order valence-electron chi connectivity index (χ2n) is 5.22. The summed E-state index contributed by atoms with van der Waals surface area (Å²) in [5, 5.41) is 2.69. The number of benzene rings is 2. The Kier molecular flexibility index (Phi) is 4.96. The molecule has 1 saturated heterocycles. The zero-order valence-electron chi connectivity index (χ0n) is 13.2. The van der Waals surface area contributed by atoms with Crippen LogP contribution in [0.5, 0.6) is 0 Å². The fourth-order valence-corrected chi connectivity index (χ4v) is 3.53. The lowest BCUT2D eigenvalue weighted by atomic mass is 10.2. The Morgan fingerprint density at radius 3 is 2.38 bits per heavy atom. The van der Waals surface area contributed by atoms with Gasteiger partial charge in [-0.1, -0.05) is 48.2 Å². The lowest BCUT2D eigenvalue weighted by Crippen LogP contribution is -2.34. The maximum atomic E-state index is 12.8. The molecule has 1 aliphatic heterocycles. The van der Waals surface area contributed by atoms with Crippen LogP contribution in [-0.2, 0) is 9.59 Å². The quantitative estimate of drug-likeness (QED) is 0.931. The van der Waals surface area contributed by atoms with E-state index in [9.17, 15) is 9.59 Å². The fraction of sp³-hybridized carbons (Fsp3) is 0.167. The van der Waals surface area contributed by atoms with Gasteiger partial charge in [0, 0.05) is 13.5 Å². The molecule has 0 spiro atoms. The molecule has 5 nitrogen and oxygen atoms in total. The van der Waals surface area contributed by atoms with E-state index in [0.29, 0.717) is 5.17 Å². The number of nitrogens with one attached hydrogen (secondary N) is 1. The minimum atomic E-state index is -0.465. The predicted octanol–water partition coefficient (Wildman–Crippen LogP) is 2.96. The van der Waals surface area contributed by atoms with Crippen LogP contribution >= 0.6 is 11.8 Å². The number of hydrogen-bond acceptors (Lipinski definition) is 4. The van der Waals surface area contributed by atoms with Crippen molar-refractivity contribution in [3.8, 4) is 0 Å². The Labute approximate surface area is 144 Å². The zero-order chi connectivity index (χ0) is 16.9. The lowest BCUT2D eigenvalue weighted by Gasteiger charge is -2.16. The maximum absolute atomic E-state index is 12.8. The van der Waals surface area contributed by atoms with Crippen LogP contribution in [0.2, 0.25) is 0 Å². The molecule has 0 unspecified atom stereocenters. The van der Waals surface area contributed by atoms with Gasteiger partial charge < -0.3 is 5.32 Å². The van der Waals surface area contributed by atoms with E-state index in [2.05, 4.69) is 10.3 Å². The standard InChI is InChI=1S/C18H17N3O2S/c1-19-16(22)12-15-17(23)21(14-10-6-3-7-11-14)18(24-15)20-13-8-4-2-5-9-13/h2-11,15H,12H2,1H3,(H,19,22)/t15-/m0/s1. The SMILES string of the molecule is CNC(=O)C[C@@H]1SC(=Nc2ccccc2)N(c2ccccc2)C1=O. The number of thioether (sulfide) groups is 1. The first kappa shape index (κ1) is 16.3. The van der Waals surface area contributed by atoms with Crippen molar-refractivity contribution in [1.82, 2.24) is 5.32 Å². The molecule has 6 heteroatoms. The molecule has 1 fully saturated rings. The highest BCUT2D eigenvalue weighted by atomic mass is 32.2. The van der Waals surface area contributed by atoms with Crippen LogP contribution in [0.1, 0.15) is 6.42 Å². The summed E-state index contributed by atoms with van der Waals surface area (Å²) in [6.45, 7) is 0. The summed E-state index contributed by atoms with van der Waals surface area (Å²) in [7, 11) is 1.57. The molecule has 3 rings (SSSR count). The van der Waals surface area contributed by atoms with Crippen molar-refractivity contribution in [2.75, 3.05) is 11.9 Å². The largest absolute Gasteiger partial charge is 0.359 e. The minimum absolute atomic E-state index is 0.121. The van der Waals surface area contributed by atoms with Crippen molar-refractivity contribution < 1.29 is 9.59 Å². The normalized spacial score (nSPS) is 18.9. The van der Waals surface area contributed by atoms with Gasteiger partial charge in [-0.05, 0) is 24.3 Å². The summed E-state index contributed by atoms with van der Waals surface area (Å²) < 4.78 is 0. The average molecular weight is 339 g/mol.